The zero-order valence-electron chi connectivity index (χ0n) is 13.6. The molecule has 0 aliphatic heterocycles. The smallest absolute Gasteiger partial charge is 0.106 e. The van der Waals surface area contributed by atoms with Crippen LogP contribution in [0.5, 0.6) is 0 Å². The van der Waals surface area contributed by atoms with Gasteiger partial charge in [0.25, 0.3) is 0 Å². The molecule has 4 atom stereocenters. The predicted octanol–water partition coefficient (Wildman–Crippen LogP) is 3.44. The first kappa shape index (κ1) is 14.1. The molecule has 3 fully saturated rings. The molecule has 1 aromatic rings. The molecule has 3 aliphatic carbocycles. The van der Waals surface area contributed by atoms with E-state index >= 15 is 0 Å². The van der Waals surface area contributed by atoms with Gasteiger partial charge in [0.15, 0.2) is 0 Å². The molecule has 0 spiro atoms. The quantitative estimate of drug-likeness (QED) is 0.883. The first-order chi connectivity index (χ1) is 9.43. The number of imidazole rings is 1. The standard InChI is InChI=1S/C17H29N3/c1-6-16-19-11(3)15(20-16)9-18-14-8-12-7-13(10(14)2)17(12,4)5/h10,12-14,18H,6-9H2,1-5H3,(H,19,20)/t10-,12-,13-,14-/m1/s1. The average Bonchev–Trinajstić information content (AvgIpc) is 2.77. The number of H-pyrrole nitrogens is 1. The second-order valence-electron chi connectivity index (χ2n) is 7.55. The molecule has 4 rings (SSSR count). The minimum Gasteiger partial charge on any atom is -0.346 e. The number of nitrogens with zero attached hydrogens (tertiary/aromatic N) is 1. The van der Waals surface area contributed by atoms with Crippen LogP contribution in [0, 0.1) is 30.1 Å². The van der Waals surface area contributed by atoms with Crippen molar-refractivity contribution < 1.29 is 0 Å². The molecule has 20 heavy (non-hydrogen) atoms. The molecule has 1 aromatic heterocycles. The third kappa shape index (κ3) is 2.11. The van der Waals surface area contributed by atoms with Crippen LogP contribution in [0.25, 0.3) is 0 Å². The molecule has 0 radical (unpaired) electrons. The molecule has 2 N–H and O–H groups in total. The van der Waals surface area contributed by atoms with Gasteiger partial charge in [0.1, 0.15) is 5.82 Å². The van der Waals surface area contributed by atoms with E-state index in [1.807, 2.05) is 0 Å². The van der Waals surface area contributed by atoms with E-state index < -0.39 is 0 Å². The molecule has 3 saturated carbocycles. The van der Waals surface area contributed by atoms with Crippen LogP contribution in [0.1, 0.15) is 57.7 Å². The second kappa shape index (κ2) is 4.87. The van der Waals surface area contributed by atoms with Crippen molar-refractivity contribution in [1.82, 2.24) is 15.3 Å². The number of aryl methyl sites for hydroxylation is 2. The predicted molar refractivity (Wildman–Crippen MR) is 82.5 cm³/mol. The molecule has 0 unspecified atom stereocenters. The lowest BCUT2D eigenvalue weighted by molar-refractivity contribution is -0.115. The highest BCUT2D eigenvalue weighted by Crippen LogP contribution is 2.61. The van der Waals surface area contributed by atoms with Gasteiger partial charge in [-0.2, -0.15) is 0 Å². The Balaban J connectivity index is 1.61. The highest BCUT2D eigenvalue weighted by atomic mass is 15.0. The number of hydrogen-bond donors (Lipinski definition) is 2. The maximum atomic E-state index is 4.68. The number of rotatable bonds is 4. The summed E-state index contributed by atoms with van der Waals surface area (Å²) in [6.07, 6.45) is 3.78. The summed E-state index contributed by atoms with van der Waals surface area (Å²) >= 11 is 0. The SMILES string of the molecule is CCc1nc(CN[C@@H]2C[C@H]3C[C@H]([C@H]2C)C3(C)C)c(C)[nH]1. The van der Waals surface area contributed by atoms with Crippen molar-refractivity contribution >= 4 is 0 Å². The Bertz CT molecular complexity index is 488. The number of aromatic nitrogens is 2. The lowest BCUT2D eigenvalue weighted by Gasteiger charge is -2.62. The van der Waals surface area contributed by atoms with Crippen molar-refractivity contribution in [2.24, 2.45) is 23.2 Å². The fourth-order valence-electron chi connectivity index (χ4n) is 4.55. The van der Waals surface area contributed by atoms with Crippen LogP contribution in [-0.4, -0.2) is 16.0 Å². The Morgan fingerprint density at radius 1 is 1.35 bits per heavy atom. The van der Waals surface area contributed by atoms with Gasteiger partial charge in [0, 0.05) is 24.7 Å². The zero-order valence-corrected chi connectivity index (χ0v) is 13.6. The van der Waals surface area contributed by atoms with Crippen LogP contribution >= 0.6 is 0 Å². The van der Waals surface area contributed by atoms with Crippen molar-refractivity contribution in [2.75, 3.05) is 0 Å². The Hall–Kier alpha value is -0.830. The van der Waals surface area contributed by atoms with E-state index in [-0.39, 0.29) is 0 Å². The van der Waals surface area contributed by atoms with Crippen molar-refractivity contribution in [1.29, 1.82) is 0 Å². The van der Waals surface area contributed by atoms with E-state index in [9.17, 15) is 0 Å². The van der Waals surface area contributed by atoms with E-state index in [1.54, 1.807) is 0 Å². The third-order valence-electron chi connectivity index (χ3n) is 6.26. The molecule has 112 valence electrons. The van der Waals surface area contributed by atoms with Crippen LogP contribution in [-0.2, 0) is 13.0 Å². The maximum absolute atomic E-state index is 4.68. The van der Waals surface area contributed by atoms with Gasteiger partial charge in [0.05, 0.1) is 5.69 Å². The average molecular weight is 275 g/mol. The number of hydrogen-bond acceptors (Lipinski definition) is 2. The first-order valence-electron chi connectivity index (χ1n) is 8.21. The van der Waals surface area contributed by atoms with Crippen LogP contribution in [0.3, 0.4) is 0 Å². The molecule has 3 nitrogen and oxygen atoms in total. The Morgan fingerprint density at radius 2 is 2.10 bits per heavy atom. The van der Waals surface area contributed by atoms with E-state index in [0.29, 0.717) is 11.5 Å². The highest BCUT2D eigenvalue weighted by Gasteiger charge is 2.55. The van der Waals surface area contributed by atoms with E-state index in [1.165, 1.54) is 24.2 Å². The Labute approximate surface area is 123 Å². The number of aromatic amines is 1. The van der Waals surface area contributed by atoms with Crippen molar-refractivity contribution in [3.8, 4) is 0 Å². The highest BCUT2D eigenvalue weighted by molar-refractivity contribution is 5.14. The van der Waals surface area contributed by atoms with Crippen molar-refractivity contribution in [2.45, 2.75) is 66.5 Å². The van der Waals surface area contributed by atoms with Crippen LogP contribution in [0.15, 0.2) is 0 Å². The third-order valence-corrected chi connectivity index (χ3v) is 6.26. The van der Waals surface area contributed by atoms with E-state index in [4.69, 9.17) is 0 Å². The minimum atomic E-state index is 0.579. The van der Waals surface area contributed by atoms with Crippen LogP contribution in [0.2, 0.25) is 0 Å². The lowest BCUT2D eigenvalue weighted by Crippen LogP contribution is -2.59. The van der Waals surface area contributed by atoms with Gasteiger partial charge in [-0.05, 0) is 42.9 Å². The summed E-state index contributed by atoms with van der Waals surface area (Å²) < 4.78 is 0. The van der Waals surface area contributed by atoms with Gasteiger partial charge < -0.3 is 10.3 Å². The van der Waals surface area contributed by atoms with Gasteiger partial charge in [0.2, 0.25) is 0 Å². The normalized spacial score (nSPS) is 34.9. The first-order valence-corrected chi connectivity index (χ1v) is 8.21. The summed E-state index contributed by atoms with van der Waals surface area (Å²) in [6.45, 7) is 12.6. The summed E-state index contributed by atoms with van der Waals surface area (Å²) in [5.74, 6) is 3.73. The number of fused-ring (bicyclic) bond motifs is 2. The molecule has 0 amide bonds. The second-order valence-corrected chi connectivity index (χ2v) is 7.55. The van der Waals surface area contributed by atoms with Gasteiger partial charge in [-0.25, -0.2) is 4.98 Å². The van der Waals surface area contributed by atoms with Gasteiger partial charge in [-0.3, -0.25) is 0 Å². The van der Waals surface area contributed by atoms with Gasteiger partial charge in [-0.1, -0.05) is 27.7 Å². The topological polar surface area (TPSA) is 40.7 Å². The van der Waals surface area contributed by atoms with Crippen molar-refractivity contribution in [3.05, 3.63) is 17.2 Å². The van der Waals surface area contributed by atoms with Crippen molar-refractivity contribution in [3.63, 3.8) is 0 Å². The molecule has 3 aliphatic rings. The van der Waals surface area contributed by atoms with E-state index in [0.717, 1.165) is 36.5 Å². The molecule has 2 bridgehead atoms. The fraction of sp³-hybridized carbons (Fsp3) is 0.824. The fourth-order valence-corrected chi connectivity index (χ4v) is 4.55. The van der Waals surface area contributed by atoms with Gasteiger partial charge >= 0.3 is 0 Å². The zero-order chi connectivity index (χ0) is 14.5. The summed E-state index contributed by atoms with van der Waals surface area (Å²) in [6, 6.07) is 0.674. The number of nitrogens with one attached hydrogen (secondary N) is 2. The summed E-state index contributed by atoms with van der Waals surface area (Å²) in [5.41, 5.74) is 3.01. The lowest BCUT2D eigenvalue weighted by atomic mass is 9.45. The largest absolute Gasteiger partial charge is 0.346 e. The Morgan fingerprint density at radius 3 is 2.65 bits per heavy atom. The minimum absolute atomic E-state index is 0.579. The molecular formula is C17H29N3. The van der Waals surface area contributed by atoms with Gasteiger partial charge in [-0.15, -0.1) is 0 Å². The maximum Gasteiger partial charge on any atom is 0.106 e. The monoisotopic (exact) mass is 275 g/mol. The van der Waals surface area contributed by atoms with Crippen LogP contribution < -0.4 is 5.32 Å². The molecule has 1 heterocycles. The Kier molecular flexibility index (Phi) is 3.44. The summed E-state index contributed by atoms with van der Waals surface area (Å²) in [5, 5.41) is 3.78. The molecular weight excluding hydrogens is 246 g/mol. The molecule has 0 saturated heterocycles. The molecule has 0 aromatic carbocycles. The molecule has 3 heteroatoms. The summed E-state index contributed by atoms with van der Waals surface area (Å²) in [7, 11) is 0. The van der Waals surface area contributed by atoms with Crippen LogP contribution in [0.4, 0.5) is 0 Å². The summed E-state index contributed by atoms with van der Waals surface area (Å²) in [4.78, 5) is 8.05. The van der Waals surface area contributed by atoms with E-state index in [2.05, 4.69) is 49.9 Å².